The second kappa shape index (κ2) is 16.4. The fraction of sp³-hybridized carbons (Fsp3) is 0.556. The van der Waals surface area contributed by atoms with Crippen LogP contribution in [0.3, 0.4) is 0 Å². The number of nitrogens with two attached hydrogens (primary N) is 2. The van der Waals surface area contributed by atoms with Gasteiger partial charge in [0.1, 0.15) is 18.6 Å². The van der Waals surface area contributed by atoms with E-state index in [-0.39, 0.29) is 12.8 Å². The minimum absolute atomic E-state index is 0.118. The lowest BCUT2D eigenvalue weighted by Gasteiger charge is -2.20. The first kappa shape index (κ1) is 30.7. The van der Waals surface area contributed by atoms with E-state index in [0.717, 1.165) is 0 Å². The minimum atomic E-state index is -1.26. The number of hydrogen-bond donors (Lipinski definition) is 9. The van der Waals surface area contributed by atoms with E-state index in [2.05, 4.69) is 26.6 Å². The average molecular weight is 502 g/mol. The smallest absolute Gasteiger partial charge is 0.322 e. The van der Waals surface area contributed by atoms with Crippen LogP contribution >= 0.6 is 0 Å². The Kier molecular flexibility index (Phi) is 14.4. The Balaban J connectivity index is 4.43. The largest absolute Gasteiger partial charge is 0.480 e. The van der Waals surface area contributed by atoms with E-state index in [4.69, 9.17) is 16.6 Å². The van der Waals surface area contributed by atoms with Gasteiger partial charge < -0.3 is 48.5 Å². The van der Waals surface area contributed by atoms with Gasteiger partial charge in [-0.3, -0.25) is 38.4 Å². The first-order chi connectivity index (χ1) is 16.3. The highest BCUT2D eigenvalue weighted by molar-refractivity contribution is 5.94. The maximum Gasteiger partial charge on any atom is 0.322 e. The van der Waals surface area contributed by atoms with Crippen molar-refractivity contribution in [3.8, 4) is 0 Å². The van der Waals surface area contributed by atoms with Gasteiger partial charge in [0.2, 0.25) is 41.4 Å². The maximum absolute atomic E-state index is 12.3. The molecule has 17 heteroatoms. The highest BCUT2D eigenvalue weighted by atomic mass is 16.4. The van der Waals surface area contributed by atoms with Crippen molar-refractivity contribution in [2.75, 3.05) is 32.7 Å². The summed E-state index contributed by atoms with van der Waals surface area (Å²) in [4.78, 5) is 91.9. The van der Waals surface area contributed by atoms with Crippen molar-refractivity contribution in [3.05, 3.63) is 0 Å². The van der Waals surface area contributed by atoms with E-state index in [1.54, 1.807) is 0 Å². The van der Waals surface area contributed by atoms with Gasteiger partial charge in [-0.1, -0.05) is 0 Å². The van der Waals surface area contributed by atoms with E-state index in [9.17, 15) is 38.4 Å². The summed E-state index contributed by atoms with van der Waals surface area (Å²) in [6, 6.07) is -2.30. The fourth-order valence-electron chi connectivity index (χ4n) is 2.23. The Morgan fingerprint density at radius 3 is 1.66 bits per heavy atom. The molecule has 0 aromatic heterocycles. The van der Waals surface area contributed by atoms with Crippen LogP contribution in [0.4, 0.5) is 0 Å². The van der Waals surface area contributed by atoms with Crippen LogP contribution in [0.5, 0.6) is 0 Å². The number of rotatable bonds is 16. The molecule has 0 radical (unpaired) electrons. The molecule has 0 aliphatic rings. The topological polar surface area (TPSA) is 281 Å². The fourth-order valence-corrected chi connectivity index (χ4v) is 2.23. The standard InChI is InChI=1S/C18H30N8O9/c1-9(25-18(35)10(2-3-11(20)27)26-12(28)4-19)17(34)24-7-15(31)22-5-13(29)21-6-14(30)23-8-16(32)33/h9-10H,2-8,19H2,1H3,(H2,20,27)(H,21,29)(H,22,31)(H,23,30)(H,24,34)(H,25,35)(H,26,28)(H,32,33)/t9-,10-/m0/s1. The second-order valence-corrected chi connectivity index (χ2v) is 7.00. The molecule has 0 unspecified atom stereocenters. The molecule has 35 heavy (non-hydrogen) atoms. The molecule has 0 aliphatic carbocycles. The first-order valence-electron chi connectivity index (χ1n) is 10.2. The Morgan fingerprint density at radius 2 is 1.20 bits per heavy atom. The lowest BCUT2D eigenvalue weighted by molar-refractivity contribution is -0.138. The SMILES string of the molecule is C[C@H](NC(=O)[C@H](CCC(N)=O)NC(=O)CN)C(=O)NCC(=O)NCC(=O)NCC(=O)NCC(=O)O. The van der Waals surface area contributed by atoms with Crippen molar-refractivity contribution in [2.24, 2.45) is 11.5 Å². The van der Waals surface area contributed by atoms with Gasteiger partial charge in [0.25, 0.3) is 0 Å². The minimum Gasteiger partial charge on any atom is -0.480 e. The highest BCUT2D eigenvalue weighted by Gasteiger charge is 2.24. The number of hydrogen-bond acceptors (Lipinski definition) is 9. The van der Waals surface area contributed by atoms with E-state index < -0.39 is 92.1 Å². The van der Waals surface area contributed by atoms with Gasteiger partial charge in [0.15, 0.2) is 0 Å². The number of primary amides is 1. The third-order valence-electron chi connectivity index (χ3n) is 4.02. The Labute approximate surface area is 199 Å². The van der Waals surface area contributed by atoms with Crippen molar-refractivity contribution >= 4 is 47.3 Å². The molecule has 0 aromatic rings. The summed E-state index contributed by atoms with van der Waals surface area (Å²) >= 11 is 0. The summed E-state index contributed by atoms with van der Waals surface area (Å²) in [7, 11) is 0. The van der Waals surface area contributed by atoms with Crippen molar-refractivity contribution in [2.45, 2.75) is 31.8 Å². The molecule has 0 aromatic carbocycles. The number of carboxylic acids is 1. The van der Waals surface area contributed by atoms with Gasteiger partial charge >= 0.3 is 5.97 Å². The van der Waals surface area contributed by atoms with Crippen LogP contribution in [0.15, 0.2) is 0 Å². The van der Waals surface area contributed by atoms with Crippen LogP contribution in [0, 0.1) is 0 Å². The maximum atomic E-state index is 12.3. The third kappa shape index (κ3) is 15.2. The predicted octanol–water partition coefficient (Wildman–Crippen LogP) is -6.25. The lowest BCUT2D eigenvalue weighted by atomic mass is 10.1. The molecule has 17 nitrogen and oxygen atoms in total. The second-order valence-electron chi connectivity index (χ2n) is 7.00. The molecule has 0 rings (SSSR count). The quantitative estimate of drug-likeness (QED) is 0.0962. The zero-order valence-electron chi connectivity index (χ0n) is 19.0. The zero-order chi connectivity index (χ0) is 27.0. The number of carbonyl (C=O) groups excluding carboxylic acids is 7. The Morgan fingerprint density at radius 1 is 0.714 bits per heavy atom. The van der Waals surface area contributed by atoms with Crippen LogP contribution in [0.2, 0.25) is 0 Å². The first-order valence-corrected chi connectivity index (χ1v) is 10.2. The number of carboxylic acid groups (broad SMARTS) is 1. The molecule has 196 valence electrons. The van der Waals surface area contributed by atoms with Gasteiger partial charge in [-0.2, -0.15) is 0 Å². The highest BCUT2D eigenvalue weighted by Crippen LogP contribution is 1.99. The van der Waals surface area contributed by atoms with Crippen LogP contribution < -0.4 is 43.4 Å². The molecule has 0 saturated heterocycles. The van der Waals surface area contributed by atoms with Crippen LogP contribution in [0.25, 0.3) is 0 Å². The molecule has 0 fully saturated rings. The number of amides is 7. The summed E-state index contributed by atoms with van der Waals surface area (Å²) in [5.74, 6) is -6.38. The van der Waals surface area contributed by atoms with Crippen molar-refractivity contribution < 1.29 is 43.5 Å². The number of aliphatic carboxylic acids is 1. The normalized spacial score (nSPS) is 11.7. The van der Waals surface area contributed by atoms with Gasteiger partial charge in [-0.05, 0) is 13.3 Å². The summed E-state index contributed by atoms with van der Waals surface area (Å²) < 4.78 is 0. The zero-order valence-corrected chi connectivity index (χ0v) is 19.0. The van der Waals surface area contributed by atoms with Crippen molar-refractivity contribution in [3.63, 3.8) is 0 Å². The van der Waals surface area contributed by atoms with Crippen molar-refractivity contribution in [1.29, 1.82) is 0 Å². The van der Waals surface area contributed by atoms with Crippen LogP contribution in [-0.2, 0) is 38.4 Å². The predicted molar refractivity (Wildman–Crippen MR) is 117 cm³/mol. The molecular formula is C18H30N8O9. The average Bonchev–Trinajstić information content (AvgIpc) is 2.80. The molecule has 11 N–H and O–H groups in total. The third-order valence-corrected chi connectivity index (χ3v) is 4.02. The lowest BCUT2D eigenvalue weighted by Crippen LogP contribution is -2.54. The number of carbonyl (C=O) groups is 8. The van der Waals surface area contributed by atoms with Crippen LogP contribution in [0.1, 0.15) is 19.8 Å². The molecule has 7 amide bonds. The van der Waals surface area contributed by atoms with E-state index in [1.165, 1.54) is 6.92 Å². The Bertz CT molecular complexity index is 833. The molecule has 0 aliphatic heterocycles. The summed E-state index contributed by atoms with van der Waals surface area (Å²) in [6.45, 7) is -1.26. The summed E-state index contributed by atoms with van der Waals surface area (Å²) in [5, 5.41) is 21.6. The van der Waals surface area contributed by atoms with Crippen molar-refractivity contribution in [1.82, 2.24) is 31.9 Å². The molecule has 0 bridgehead atoms. The summed E-state index contributed by atoms with van der Waals surface area (Å²) in [5.41, 5.74) is 10.2. The van der Waals surface area contributed by atoms with Crippen LogP contribution in [-0.4, -0.2) is 97.2 Å². The Hall–Kier alpha value is -4.28. The van der Waals surface area contributed by atoms with E-state index in [1.807, 2.05) is 5.32 Å². The van der Waals surface area contributed by atoms with Gasteiger partial charge in [-0.15, -0.1) is 0 Å². The van der Waals surface area contributed by atoms with Gasteiger partial charge in [0.05, 0.1) is 26.2 Å². The summed E-state index contributed by atoms with van der Waals surface area (Å²) in [6.07, 6.45) is -0.322. The monoisotopic (exact) mass is 502 g/mol. The van der Waals surface area contributed by atoms with Gasteiger partial charge in [0, 0.05) is 6.42 Å². The molecule has 0 heterocycles. The molecule has 0 spiro atoms. The molecule has 0 saturated carbocycles. The number of nitrogens with one attached hydrogen (secondary N) is 6. The molecular weight excluding hydrogens is 472 g/mol. The van der Waals surface area contributed by atoms with E-state index >= 15 is 0 Å². The van der Waals surface area contributed by atoms with Gasteiger partial charge in [-0.25, -0.2) is 0 Å². The molecule has 2 atom stereocenters. The van der Waals surface area contributed by atoms with E-state index in [0.29, 0.717) is 0 Å².